The van der Waals surface area contributed by atoms with Gasteiger partial charge in [0.2, 0.25) is 0 Å². The van der Waals surface area contributed by atoms with Crippen molar-refractivity contribution in [2.45, 2.75) is 6.10 Å². The Balaban J connectivity index is 2.06. The molecule has 0 unspecified atom stereocenters. The highest BCUT2D eigenvalue weighted by molar-refractivity contribution is 14.1. The lowest BCUT2D eigenvalue weighted by atomic mass is 10.3. The van der Waals surface area contributed by atoms with Crippen LogP contribution in [0.4, 0.5) is 5.69 Å². The van der Waals surface area contributed by atoms with Gasteiger partial charge >= 0.3 is 0 Å². The topological polar surface area (TPSA) is 38.5 Å². The van der Waals surface area contributed by atoms with E-state index in [9.17, 15) is 0 Å². The molecular weight excluding hydrogens is 291 g/mol. The number of nitrogens with two attached hydrogens (primary N) is 1. The molecule has 0 spiro atoms. The molecule has 1 atom stereocenters. The molecule has 1 aromatic carbocycles. The van der Waals surface area contributed by atoms with Crippen LogP contribution in [0.15, 0.2) is 24.3 Å². The predicted octanol–water partition coefficient (Wildman–Crippen LogP) is 1.41. The van der Waals surface area contributed by atoms with Gasteiger partial charge in [0, 0.05) is 22.3 Å². The molecular formula is C10H13IN2O. The van der Waals surface area contributed by atoms with E-state index in [1.165, 1.54) is 9.26 Å². The molecule has 0 saturated carbocycles. The van der Waals surface area contributed by atoms with Crippen molar-refractivity contribution in [3.8, 4) is 0 Å². The summed E-state index contributed by atoms with van der Waals surface area (Å²) in [6, 6.07) is 8.44. The van der Waals surface area contributed by atoms with Crippen molar-refractivity contribution in [3.05, 3.63) is 27.8 Å². The third-order valence-electron chi connectivity index (χ3n) is 2.34. The molecule has 1 aliphatic heterocycles. The number of benzene rings is 1. The smallest absolute Gasteiger partial charge is 0.119 e. The number of halogens is 1. The molecule has 3 nitrogen and oxygen atoms in total. The Bertz CT molecular complexity index is 301. The second-order valence-corrected chi connectivity index (χ2v) is 4.60. The van der Waals surface area contributed by atoms with E-state index >= 15 is 0 Å². The summed E-state index contributed by atoms with van der Waals surface area (Å²) < 4.78 is 6.75. The van der Waals surface area contributed by atoms with E-state index in [0.717, 1.165) is 6.54 Å². The third kappa shape index (κ3) is 2.18. The quantitative estimate of drug-likeness (QED) is 0.840. The maximum absolute atomic E-state index is 5.55. The molecule has 0 radical (unpaired) electrons. The maximum atomic E-state index is 5.55. The molecule has 14 heavy (non-hydrogen) atoms. The van der Waals surface area contributed by atoms with Crippen LogP contribution in [0, 0.1) is 3.57 Å². The fraction of sp³-hybridized carbons (Fsp3) is 0.400. The van der Waals surface area contributed by atoms with Gasteiger partial charge < -0.3 is 15.4 Å². The van der Waals surface area contributed by atoms with Crippen molar-refractivity contribution < 1.29 is 4.74 Å². The summed E-state index contributed by atoms with van der Waals surface area (Å²) in [6.07, 6.45) is 0.189. The molecule has 4 heteroatoms. The van der Waals surface area contributed by atoms with Gasteiger partial charge in [-0.3, -0.25) is 0 Å². The average molecular weight is 304 g/mol. The summed E-state index contributed by atoms with van der Waals surface area (Å²) in [5.74, 6) is 0. The Morgan fingerprint density at radius 1 is 1.43 bits per heavy atom. The Morgan fingerprint density at radius 3 is 2.71 bits per heavy atom. The Labute approximate surface area is 97.4 Å². The second kappa shape index (κ2) is 4.46. The fourth-order valence-electron chi connectivity index (χ4n) is 1.52. The van der Waals surface area contributed by atoms with Crippen LogP contribution in [0.2, 0.25) is 0 Å². The molecule has 1 aromatic rings. The van der Waals surface area contributed by atoms with Gasteiger partial charge in [0.25, 0.3) is 0 Å². The van der Waals surface area contributed by atoms with Gasteiger partial charge in [-0.1, -0.05) is 0 Å². The van der Waals surface area contributed by atoms with E-state index < -0.39 is 0 Å². The number of hydrogen-bond donors (Lipinski definition) is 1. The number of hydrogen-bond acceptors (Lipinski definition) is 3. The molecule has 1 aliphatic rings. The lowest BCUT2D eigenvalue weighted by molar-refractivity contribution is 0.122. The highest BCUT2D eigenvalue weighted by atomic mass is 127. The van der Waals surface area contributed by atoms with E-state index in [1.54, 1.807) is 0 Å². The van der Waals surface area contributed by atoms with Gasteiger partial charge in [-0.2, -0.15) is 0 Å². The largest absolute Gasteiger partial charge is 0.355 e. The standard InChI is InChI=1S/C10H13IN2O/c11-8-1-3-9(4-2-8)13-6-10(5-12)14-7-13/h1-4,10H,5-7,12H2/t10-/m0/s1. The molecule has 1 heterocycles. The van der Waals surface area contributed by atoms with Crippen molar-refractivity contribution in [1.82, 2.24) is 0 Å². The van der Waals surface area contributed by atoms with E-state index in [1.807, 2.05) is 0 Å². The van der Waals surface area contributed by atoms with Crippen LogP contribution < -0.4 is 10.6 Å². The van der Waals surface area contributed by atoms with Crippen molar-refractivity contribution in [3.63, 3.8) is 0 Å². The summed E-state index contributed by atoms with van der Waals surface area (Å²) in [5.41, 5.74) is 6.75. The lowest BCUT2D eigenvalue weighted by Crippen LogP contribution is -2.26. The first-order chi connectivity index (χ1) is 6.79. The zero-order chi connectivity index (χ0) is 9.97. The highest BCUT2D eigenvalue weighted by Crippen LogP contribution is 2.20. The summed E-state index contributed by atoms with van der Waals surface area (Å²) >= 11 is 2.30. The molecule has 0 aliphatic carbocycles. The highest BCUT2D eigenvalue weighted by Gasteiger charge is 2.21. The van der Waals surface area contributed by atoms with Gasteiger partial charge in [0.15, 0.2) is 0 Å². The van der Waals surface area contributed by atoms with Gasteiger partial charge in [-0.15, -0.1) is 0 Å². The van der Waals surface area contributed by atoms with Crippen LogP contribution in [-0.4, -0.2) is 25.9 Å². The van der Waals surface area contributed by atoms with E-state index in [-0.39, 0.29) is 6.10 Å². The molecule has 2 rings (SSSR count). The molecule has 1 fully saturated rings. The maximum Gasteiger partial charge on any atom is 0.119 e. The summed E-state index contributed by atoms with van der Waals surface area (Å²) in [4.78, 5) is 2.20. The van der Waals surface area contributed by atoms with E-state index in [0.29, 0.717) is 13.3 Å². The monoisotopic (exact) mass is 304 g/mol. The summed E-state index contributed by atoms with van der Waals surface area (Å²) in [7, 11) is 0. The first-order valence-corrected chi connectivity index (χ1v) is 5.69. The zero-order valence-electron chi connectivity index (χ0n) is 7.82. The average Bonchev–Trinajstić information content (AvgIpc) is 2.67. The van der Waals surface area contributed by atoms with Crippen molar-refractivity contribution in [1.29, 1.82) is 0 Å². The summed E-state index contributed by atoms with van der Waals surface area (Å²) in [6.45, 7) is 2.15. The summed E-state index contributed by atoms with van der Waals surface area (Å²) in [5, 5.41) is 0. The second-order valence-electron chi connectivity index (χ2n) is 3.35. The zero-order valence-corrected chi connectivity index (χ0v) is 9.98. The fourth-order valence-corrected chi connectivity index (χ4v) is 1.88. The van der Waals surface area contributed by atoms with Gasteiger partial charge in [0.05, 0.1) is 6.10 Å². The van der Waals surface area contributed by atoms with Crippen molar-refractivity contribution >= 4 is 28.3 Å². The van der Waals surface area contributed by atoms with Crippen molar-refractivity contribution in [2.24, 2.45) is 5.73 Å². The Hall–Kier alpha value is -0.330. The molecule has 0 amide bonds. The normalized spacial score (nSPS) is 21.6. The SMILES string of the molecule is NC[C@H]1CN(c2ccc(I)cc2)CO1. The lowest BCUT2D eigenvalue weighted by Gasteiger charge is -2.15. The van der Waals surface area contributed by atoms with E-state index in [4.69, 9.17) is 10.5 Å². The van der Waals surface area contributed by atoms with Gasteiger partial charge in [-0.05, 0) is 46.9 Å². The van der Waals surface area contributed by atoms with Crippen LogP contribution >= 0.6 is 22.6 Å². The minimum atomic E-state index is 0.189. The van der Waals surface area contributed by atoms with Crippen LogP contribution in [0.3, 0.4) is 0 Å². The third-order valence-corrected chi connectivity index (χ3v) is 3.06. The molecule has 76 valence electrons. The van der Waals surface area contributed by atoms with Gasteiger partial charge in [-0.25, -0.2) is 0 Å². The minimum Gasteiger partial charge on any atom is -0.355 e. The van der Waals surface area contributed by atoms with Crippen molar-refractivity contribution in [2.75, 3.05) is 24.7 Å². The number of ether oxygens (including phenoxy) is 1. The van der Waals surface area contributed by atoms with Crippen LogP contribution in [0.5, 0.6) is 0 Å². The molecule has 1 saturated heterocycles. The Morgan fingerprint density at radius 2 is 2.14 bits per heavy atom. The molecule has 0 bridgehead atoms. The first-order valence-electron chi connectivity index (χ1n) is 4.62. The Kier molecular flexibility index (Phi) is 3.25. The van der Waals surface area contributed by atoms with Crippen LogP contribution in [0.25, 0.3) is 0 Å². The number of rotatable bonds is 2. The van der Waals surface area contributed by atoms with E-state index in [2.05, 4.69) is 51.8 Å². The number of nitrogens with zero attached hydrogens (tertiary/aromatic N) is 1. The van der Waals surface area contributed by atoms with Crippen LogP contribution in [0.1, 0.15) is 0 Å². The van der Waals surface area contributed by atoms with Gasteiger partial charge in [0.1, 0.15) is 6.73 Å². The number of anilines is 1. The molecule has 2 N–H and O–H groups in total. The van der Waals surface area contributed by atoms with Crippen LogP contribution in [-0.2, 0) is 4.74 Å². The molecule has 0 aromatic heterocycles. The minimum absolute atomic E-state index is 0.189. The first kappa shape index (κ1) is 10.2. The predicted molar refractivity (Wildman–Crippen MR) is 65.3 cm³/mol.